The van der Waals surface area contributed by atoms with Gasteiger partial charge in [0, 0.05) is 4.47 Å². The van der Waals surface area contributed by atoms with Gasteiger partial charge in [0.1, 0.15) is 5.75 Å². The molecule has 1 aliphatic carbocycles. The Morgan fingerprint density at radius 1 is 1.37 bits per heavy atom. The number of aliphatic hydroxyl groups excluding tert-OH is 1. The van der Waals surface area contributed by atoms with Gasteiger partial charge in [0.25, 0.3) is 5.91 Å². The summed E-state index contributed by atoms with van der Waals surface area (Å²) in [5, 5.41) is 22.5. The molecule has 0 spiro atoms. The minimum absolute atomic E-state index is 0.108. The third-order valence-corrected chi connectivity index (χ3v) is 4.06. The highest BCUT2D eigenvalue weighted by Crippen LogP contribution is 2.31. The average Bonchev–Trinajstić information content (AvgIpc) is 2.36. The van der Waals surface area contributed by atoms with Crippen LogP contribution in [0.2, 0.25) is 5.02 Å². The Bertz CT molecular complexity index is 495. The predicted octanol–water partition coefficient (Wildman–Crippen LogP) is 2.84. The van der Waals surface area contributed by atoms with Crippen molar-refractivity contribution in [1.29, 1.82) is 0 Å². The molecule has 6 heteroatoms. The molecular formula is C13H15BrClNO3. The van der Waals surface area contributed by atoms with E-state index in [4.69, 9.17) is 11.6 Å². The first-order chi connectivity index (χ1) is 8.99. The topological polar surface area (TPSA) is 69.6 Å². The summed E-state index contributed by atoms with van der Waals surface area (Å²) < 4.78 is 0.615. The van der Waals surface area contributed by atoms with Gasteiger partial charge in [-0.3, -0.25) is 4.79 Å². The van der Waals surface area contributed by atoms with Crippen molar-refractivity contribution in [2.75, 3.05) is 0 Å². The van der Waals surface area contributed by atoms with E-state index in [1.807, 2.05) is 0 Å². The second-order valence-electron chi connectivity index (χ2n) is 4.72. The number of aliphatic hydroxyl groups is 1. The lowest BCUT2D eigenvalue weighted by Gasteiger charge is -2.28. The summed E-state index contributed by atoms with van der Waals surface area (Å²) in [6.07, 6.45) is 2.86. The SMILES string of the molecule is O=C(N[C@@H]1CCCC[C@H]1O)c1cc(Br)cc(Cl)c1O. The number of phenols is 1. The number of nitrogens with one attached hydrogen (secondary N) is 1. The number of halogens is 2. The fourth-order valence-electron chi connectivity index (χ4n) is 2.26. The molecule has 1 aliphatic rings. The largest absolute Gasteiger partial charge is 0.506 e. The van der Waals surface area contributed by atoms with Crippen molar-refractivity contribution >= 4 is 33.4 Å². The molecule has 104 valence electrons. The van der Waals surface area contributed by atoms with Gasteiger partial charge < -0.3 is 15.5 Å². The van der Waals surface area contributed by atoms with Crippen LogP contribution in [0.3, 0.4) is 0 Å². The molecule has 1 aromatic carbocycles. The van der Waals surface area contributed by atoms with Crippen molar-refractivity contribution < 1.29 is 15.0 Å². The zero-order valence-electron chi connectivity index (χ0n) is 10.2. The highest BCUT2D eigenvalue weighted by molar-refractivity contribution is 9.10. The Kier molecular flexibility index (Phi) is 4.71. The summed E-state index contributed by atoms with van der Waals surface area (Å²) in [5.74, 6) is -0.667. The van der Waals surface area contributed by atoms with E-state index in [2.05, 4.69) is 21.2 Å². The van der Waals surface area contributed by atoms with E-state index in [1.54, 1.807) is 0 Å². The van der Waals surface area contributed by atoms with Crippen LogP contribution in [0.4, 0.5) is 0 Å². The van der Waals surface area contributed by atoms with E-state index in [0.717, 1.165) is 19.3 Å². The summed E-state index contributed by atoms with van der Waals surface area (Å²) in [4.78, 5) is 12.1. The molecule has 4 nitrogen and oxygen atoms in total. The minimum atomic E-state index is -0.525. The number of hydrogen-bond donors (Lipinski definition) is 3. The zero-order valence-corrected chi connectivity index (χ0v) is 12.5. The fraction of sp³-hybridized carbons (Fsp3) is 0.462. The number of benzene rings is 1. The molecule has 0 radical (unpaired) electrons. The summed E-state index contributed by atoms with van der Waals surface area (Å²) in [6, 6.07) is 2.76. The lowest BCUT2D eigenvalue weighted by Crippen LogP contribution is -2.45. The van der Waals surface area contributed by atoms with Gasteiger partial charge in [-0.25, -0.2) is 0 Å². The van der Waals surface area contributed by atoms with Crippen LogP contribution in [0.25, 0.3) is 0 Å². The average molecular weight is 349 g/mol. The Balaban J connectivity index is 2.15. The number of carbonyl (C=O) groups is 1. The number of aromatic hydroxyl groups is 1. The summed E-state index contributed by atoms with van der Waals surface area (Å²) >= 11 is 9.05. The van der Waals surface area contributed by atoms with E-state index in [1.165, 1.54) is 12.1 Å². The van der Waals surface area contributed by atoms with Crippen molar-refractivity contribution in [3.05, 3.63) is 27.2 Å². The summed E-state index contributed by atoms with van der Waals surface area (Å²) in [7, 11) is 0. The normalized spacial score (nSPS) is 23.1. The van der Waals surface area contributed by atoms with Crippen LogP contribution in [0.1, 0.15) is 36.0 Å². The minimum Gasteiger partial charge on any atom is -0.506 e. The van der Waals surface area contributed by atoms with Crippen LogP contribution in [0.15, 0.2) is 16.6 Å². The molecule has 1 fully saturated rings. The van der Waals surface area contributed by atoms with Gasteiger partial charge in [-0.15, -0.1) is 0 Å². The maximum atomic E-state index is 12.1. The summed E-state index contributed by atoms with van der Waals surface area (Å²) in [6.45, 7) is 0. The van der Waals surface area contributed by atoms with Crippen LogP contribution < -0.4 is 5.32 Å². The van der Waals surface area contributed by atoms with Gasteiger partial charge in [-0.05, 0) is 25.0 Å². The van der Waals surface area contributed by atoms with Crippen LogP contribution in [0, 0.1) is 0 Å². The quantitative estimate of drug-likeness (QED) is 0.770. The van der Waals surface area contributed by atoms with Crippen molar-refractivity contribution in [2.24, 2.45) is 0 Å². The van der Waals surface area contributed by atoms with E-state index in [0.29, 0.717) is 10.9 Å². The van der Waals surface area contributed by atoms with Gasteiger partial charge in [0.15, 0.2) is 0 Å². The molecule has 0 aromatic heterocycles. The predicted molar refractivity (Wildman–Crippen MR) is 76.5 cm³/mol. The Morgan fingerprint density at radius 3 is 2.74 bits per heavy atom. The lowest BCUT2D eigenvalue weighted by atomic mass is 9.92. The fourth-order valence-corrected chi connectivity index (χ4v) is 3.07. The molecule has 2 atom stereocenters. The zero-order chi connectivity index (χ0) is 14.0. The molecule has 0 bridgehead atoms. The van der Waals surface area contributed by atoms with Gasteiger partial charge in [-0.1, -0.05) is 40.4 Å². The Hall–Kier alpha value is -0.780. The summed E-state index contributed by atoms with van der Waals surface area (Å²) in [5.41, 5.74) is 0.108. The first-order valence-corrected chi connectivity index (χ1v) is 7.33. The molecular weight excluding hydrogens is 334 g/mol. The molecule has 1 saturated carbocycles. The Labute approximate surface area is 124 Å². The number of phenolic OH excluding ortho intramolecular Hbond substituents is 1. The molecule has 3 N–H and O–H groups in total. The molecule has 2 rings (SSSR count). The molecule has 0 heterocycles. The van der Waals surface area contributed by atoms with E-state index in [-0.39, 0.29) is 22.4 Å². The van der Waals surface area contributed by atoms with Crippen molar-refractivity contribution in [2.45, 2.75) is 37.8 Å². The van der Waals surface area contributed by atoms with Gasteiger partial charge in [0.2, 0.25) is 0 Å². The molecule has 19 heavy (non-hydrogen) atoms. The Morgan fingerprint density at radius 2 is 2.05 bits per heavy atom. The molecule has 1 amide bonds. The second kappa shape index (κ2) is 6.11. The number of carbonyl (C=O) groups excluding carboxylic acids is 1. The van der Waals surface area contributed by atoms with Crippen LogP contribution in [0.5, 0.6) is 5.75 Å². The number of rotatable bonds is 2. The van der Waals surface area contributed by atoms with E-state index >= 15 is 0 Å². The molecule has 1 aromatic rings. The van der Waals surface area contributed by atoms with Crippen LogP contribution >= 0.6 is 27.5 Å². The maximum Gasteiger partial charge on any atom is 0.255 e. The van der Waals surface area contributed by atoms with Crippen LogP contribution in [-0.2, 0) is 0 Å². The van der Waals surface area contributed by atoms with Crippen LogP contribution in [-0.4, -0.2) is 28.3 Å². The molecule has 0 unspecified atom stereocenters. The highest BCUT2D eigenvalue weighted by Gasteiger charge is 2.26. The van der Waals surface area contributed by atoms with Gasteiger partial charge in [-0.2, -0.15) is 0 Å². The van der Waals surface area contributed by atoms with E-state index in [9.17, 15) is 15.0 Å². The monoisotopic (exact) mass is 347 g/mol. The third kappa shape index (κ3) is 3.41. The second-order valence-corrected chi connectivity index (χ2v) is 6.04. The van der Waals surface area contributed by atoms with Gasteiger partial charge in [0.05, 0.1) is 22.7 Å². The van der Waals surface area contributed by atoms with Crippen molar-refractivity contribution in [3.8, 4) is 5.75 Å². The van der Waals surface area contributed by atoms with E-state index < -0.39 is 12.0 Å². The standard InChI is InChI=1S/C13H15BrClNO3/c14-7-5-8(12(18)9(15)6-7)13(19)16-10-3-1-2-4-11(10)17/h5-6,10-11,17-18H,1-4H2,(H,16,19)/t10-,11-/m1/s1. The third-order valence-electron chi connectivity index (χ3n) is 3.32. The van der Waals surface area contributed by atoms with Crippen molar-refractivity contribution in [1.82, 2.24) is 5.32 Å². The maximum absolute atomic E-state index is 12.1. The molecule has 0 aliphatic heterocycles. The number of hydrogen-bond acceptors (Lipinski definition) is 3. The van der Waals surface area contributed by atoms with Gasteiger partial charge >= 0.3 is 0 Å². The molecule has 0 saturated heterocycles. The number of amides is 1. The first kappa shape index (κ1) is 14.6. The highest BCUT2D eigenvalue weighted by atomic mass is 79.9. The van der Waals surface area contributed by atoms with Crippen molar-refractivity contribution in [3.63, 3.8) is 0 Å². The smallest absolute Gasteiger partial charge is 0.255 e. The lowest BCUT2D eigenvalue weighted by molar-refractivity contribution is 0.0715. The first-order valence-electron chi connectivity index (χ1n) is 6.16.